The summed E-state index contributed by atoms with van der Waals surface area (Å²) in [5, 5.41) is 31.2. The van der Waals surface area contributed by atoms with E-state index in [0.717, 1.165) is 98.6 Å². The molecule has 4 aromatic heterocycles. The Bertz CT molecular complexity index is 3840. The molecule has 0 saturated heterocycles. The van der Waals surface area contributed by atoms with E-state index in [4.69, 9.17) is 0 Å². The van der Waals surface area contributed by atoms with E-state index in [1.165, 1.54) is 0 Å². The van der Waals surface area contributed by atoms with E-state index in [9.17, 15) is 10.5 Å². The highest BCUT2D eigenvalue weighted by molar-refractivity contribution is 6.28. The van der Waals surface area contributed by atoms with E-state index >= 15 is 0 Å². The van der Waals surface area contributed by atoms with Gasteiger partial charge in [0.2, 0.25) is 0 Å². The zero-order valence-electron chi connectivity index (χ0n) is 33.2. The Kier molecular flexibility index (Phi) is 7.05. The molecular weight excluding hydrogens is 757 g/mol. The van der Waals surface area contributed by atoms with E-state index in [1.54, 1.807) is 0 Å². The zero-order chi connectivity index (χ0) is 41.1. The lowest BCUT2D eigenvalue weighted by atomic mass is 10.0. The summed E-state index contributed by atoms with van der Waals surface area (Å²) in [6.07, 6.45) is 0. The molecule has 0 unspecified atom stereocenters. The van der Waals surface area contributed by atoms with Crippen molar-refractivity contribution in [3.63, 3.8) is 0 Å². The van der Waals surface area contributed by atoms with Gasteiger partial charge in [0.1, 0.15) is 12.1 Å². The van der Waals surface area contributed by atoms with E-state index < -0.39 is 0 Å². The summed E-state index contributed by atoms with van der Waals surface area (Å²) in [7, 11) is 0. The first-order chi connectivity index (χ1) is 30.7. The van der Waals surface area contributed by atoms with Gasteiger partial charge in [-0.05, 0) is 72.8 Å². The molecule has 0 aliphatic heterocycles. The first kappa shape index (κ1) is 34.1. The van der Waals surface area contributed by atoms with Gasteiger partial charge in [-0.1, -0.05) is 121 Å². The van der Waals surface area contributed by atoms with Crippen LogP contribution < -0.4 is 0 Å². The molecule has 0 fully saturated rings. The predicted octanol–water partition coefficient (Wildman–Crippen LogP) is 13.8. The minimum Gasteiger partial charge on any atom is -0.309 e. The number of hydrogen-bond donors (Lipinski definition) is 0. The number of rotatable bonds is 4. The fraction of sp³-hybridized carbons (Fsp3) is 0. The quantitative estimate of drug-likeness (QED) is 0.178. The molecule has 13 rings (SSSR count). The fourth-order valence-corrected chi connectivity index (χ4v) is 10.4. The number of hydrogen-bond acceptors (Lipinski definition) is 2. The summed E-state index contributed by atoms with van der Waals surface area (Å²) < 4.78 is 9.21. The van der Waals surface area contributed by atoms with E-state index in [0.29, 0.717) is 22.5 Å². The first-order valence-corrected chi connectivity index (χ1v) is 20.7. The third kappa shape index (κ3) is 4.45. The van der Waals surface area contributed by atoms with Crippen LogP contribution in [-0.2, 0) is 0 Å². The van der Waals surface area contributed by atoms with Gasteiger partial charge >= 0.3 is 0 Å². The van der Waals surface area contributed by atoms with Crippen LogP contribution >= 0.6 is 0 Å². The Morgan fingerprint density at radius 3 is 1.00 bits per heavy atom. The molecule has 0 bridgehead atoms. The summed E-state index contributed by atoms with van der Waals surface area (Å²) in [5.74, 6) is 0. The Morgan fingerprint density at radius 2 is 0.613 bits per heavy atom. The first-order valence-electron chi connectivity index (χ1n) is 20.7. The maximum atomic E-state index is 11.3. The van der Waals surface area contributed by atoms with Crippen LogP contribution in [0, 0.1) is 22.7 Å². The highest BCUT2D eigenvalue weighted by atomic mass is 15.1. The summed E-state index contributed by atoms with van der Waals surface area (Å²) in [6, 6.07) is 72.7. The largest absolute Gasteiger partial charge is 0.309 e. The van der Waals surface area contributed by atoms with E-state index in [1.807, 2.05) is 24.3 Å². The molecule has 13 aromatic rings. The van der Waals surface area contributed by atoms with E-state index in [2.05, 4.69) is 200 Å². The number of fused-ring (bicyclic) bond motifs is 14. The van der Waals surface area contributed by atoms with Crippen molar-refractivity contribution in [2.75, 3.05) is 0 Å². The molecule has 0 saturated carbocycles. The van der Waals surface area contributed by atoms with Gasteiger partial charge in [0, 0.05) is 54.5 Å². The minimum absolute atomic E-state index is 0.468. The molecule has 0 spiro atoms. The van der Waals surface area contributed by atoms with Gasteiger partial charge in [0.05, 0.1) is 66.6 Å². The smallest absolute Gasteiger partial charge is 0.101 e. The van der Waals surface area contributed by atoms with Crippen LogP contribution in [0.4, 0.5) is 0 Å². The van der Waals surface area contributed by atoms with Crippen molar-refractivity contribution in [2.24, 2.45) is 0 Å². The third-order valence-electron chi connectivity index (χ3n) is 12.8. The maximum Gasteiger partial charge on any atom is 0.101 e. The van der Waals surface area contributed by atoms with Gasteiger partial charge in [-0.15, -0.1) is 0 Å². The van der Waals surface area contributed by atoms with Crippen molar-refractivity contribution in [1.29, 1.82) is 10.5 Å². The second kappa shape index (κ2) is 12.8. The molecule has 0 amide bonds. The van der Waals surface area contributed by atoms with Crippen LogP contribution in [0.15, 0.2) is 194 Å². The Morgan fingerprint density at radius 1 is 0.274 bits per heavy atom. The van der Waals surface area contributed by atoms with Gasteiger partial charge in [-0.25, -0.2) is 0 Å². The number of benzene rings is 9. The van der Waals surface area contributed by atoms with Crippen LogP contribution in [0.3, 0.4) is 0 Å². The standard InChI is InChI=1S/C56H32N6/c57-33-35-27-28-36(34-58)54(62-46-24-12-8-20-40(46)42-30-32-50-52(56(42)62)44-22-10-14-26-48(44)60(50)38-17-5-2-6-18-38)53(35)61-45-23-11-7-19-39(45)41-29-31-49-51(55(41)61)43-21-9-13-25-47(43)59(49)37-15-3-1-4-16-37/h1-32H. The van der Waals surface area contributed by atoms with Crippen molar-refractivity contribution < 1.29 is 0 Å². The Balaban J connectivity index is 1.27. The average Bonchev–Trinajstić information content (AvgIpc) is 4.06. The Labute approximate surface area is 354 Å². The number of nitrogens with zero attached hydrogens (tertiary/aromatic N) is 6. The normalized spacial score (nSPS) is 11.8. The SMILES string of the molecule is N#Cc1ccc(C#N)c(-n2c3ccccc3c3ccc4c(c5ccccc5n4-c4ccccc4)c32)c1-n1c2ccccc2c2ccc3c(c4ccccc4n3-c3ccccc3)c21. The van der Waals surface area contributed by atoms with Crippen molar-refractivity contribution in [3.05, 3.63) is 205 Å². The van der Waals surface area contributed by atoms with Crippen molar-refractivity contribution >= 4 is 87.2 Å². The fourth-order valence-electron chi connectivity index (χ4n) is 10.4. The lowest BCUT2D eigenvalue weighted by Crippen LogP contribution is -2.08. The molecule has 6 nitrogen and oxygen atoms in total. The molecule has 0 aliphatic rings. The zero-order valence-corrected chi connectivity index (χ0v) is 33.2. The molecule has 286 valence electrons. The minimum atomic E-state index is 0.468. The third-order valence-corrected chi connectivity index (χ3v) is 12.8. The van der Waals surface area contributed by atoms with Gasteiger partial charge in [0.25, 0.3) is 0 Å². The molecule has 9 aromatic carbocycles. The highest BCUT2D eigenvalue weighted by Gasteiger charge is 2.28. The summed E-state index contributed by atoms with van der Waals surface area (Å²) >= 11 is 0. The second-order valence-corrected chi connectivity index (χ2v) is 15.9. The Hall–Kier alpha value is -8.84. The average molecular weight is 789 g/mol. The lowest BCUT2D eigenvalue weighted by molar-refractivity contribution is 1.08. The number of nitriles is 2. The van der Waals surface area contributed by atoms with E-state index in [-0.39, 0.29) is 0 Å². The molecule has 62 heavy (non-hydrogen) atoms. The van der Waals surface area contributed by atoms with Crippen molar-refractivity contribution in [3.8, 4) is 34.9 Å². The molecule has 4 heterocycles. The molecule has 6 heteroatoms. The molecule has 0 radical (unpaired) electrons. The summed E-state index contributed by atoms with van der Waals surface area (Å²) in [4.78, 5) is 0. The summed E-state index contributed by atoms with van der Waals surface area (Å²) in [5.41, 5.74) is 12.5. The van der Waals surface area contributed by atoms with Crippen LogP contribution in [0.25, 0.3) is 110 Å². The van der Waals surface area contributed by atoms with Crippen molar-refractivity contribution in [2.45, 2.75) is 0 Å². The molecule has 0 N–H and O–H groups in total. The highest BCUT2D eigenvalue weighted by Crippen LogP contribution is 2.47. The second-order valence-electron chi connectivity index (χ2n) is 15.9. The monoisotopic (exact) mass is 788 g/mol. The lowest BCUT2D eigenvalue weighted by Gasteiger charge is -2.20. The molecular formula is C56H32N6. The van der Waals surface area contributed by atoms with Gasteiger partial charge < -0.3 is 18.3 Å². The van der Waals surface area contributed by atoms with Crippen molar-refractivity contribution in [1.82, 2.24) is 18.3 Å². The van der Waals surface area contributed by atoms with Crippen LogP contribution in [-0.4, -0.2) is 18.3 Å². The maximum absolute atomic E-state index is 11.3. The van der Waals surface area contributed by atoms with Crippen LogP contribution in [0.1, 0.15) is 11.1 Å². The van der Waals surface area contributed by atoms with Gasteiger partial charge in [0.15, 0.2) is 0 Å². The molecule has 0 aliphatic carbocycles. The van der Waals surface area contributed by atoms with Gasteiger partial charge in [-0.3, -0.25) is 0 Å². The van der Waals surface area contributed by atoms with Crippen LogP contribution in [0.2, 0.25) is 0 Å². The number of aromatic nitrogens is 4. The topological polar surface area (TPSA) is 67.3 Å². The molecule has 0 atom stereocenters. The predicted molar refractivity (Wildman–Crippen MR) is 253 cm³/mol. The summed E-state index contributed by atoms with van der Waals surface area (Å²) in [6.45, 7) is 0. The van der Waals surface area contributed by atoms with Crippen LogP contribution in [0.5, 0.6) is 0 Å². The van der Waals surface area contributed by atoms with Gasteiger partial charge in [-0.2, -0.15) is 10.5 Å². The number of para-hydroxylation sites is 6.